The highest BCUT2D eigenvalue weighted by Gasteiger charge is 2.41. The zero-order valence-electron chi connectivity index (χ0n) is 15.1. The molecule has 25 heavy (non-hydrogen) atoms. The molecule has 0 bridgehead atoms. The Balaban J connectivity index is 2.19. The van der Waals surface area contributed by atoms with Crippen molar-refractivity contribution >= 4 is 11.9 Å². The van der Waals surface area contributed by atoms with E-state index in [-0.39, 0.29) is 11.9 Å². The van der Waals surface area contributed by atoms with E-state index in [1.54, 1.807) is 19.2 Å². The summed E-state index contributed by atoms with van der Waals surface area (Å²) < 4.78 is 9.84. The van der Waals surface area contributed by atoms with E-state index in [2.05, 4.69) is 0 Å². The fraction of sp³-hybridized carbons (Fsp3) is 0.600. The number of methoxy groups -OCH3 is 2. The molecular formula is C20H28O5. The Kier molecular flexibility index (Phi) is 7.00. The molecule has 0 spiro atoms. The van der Waals surface area contributed by atoms with Gasteiger partial charge in [-0.3, -0.25) is 4.79 Å². The molecule has 0 saturated heterocycles. The molecule has 1 saturated carbocycles. The minimum absolute atomic E-state index is 0.202. The van der Waals surface area contributed by atoms with Crippen LogP contribution in [0.2, 0.25) is 0 Å². The molecule has 1 aromatic carbocycles. The van der Waals surface area contributed by atoms with E-state index in [9.17, 15) is 14.7 Å². The molecule has 1 aromatic rings. The molecule has 5 heteroatoms. The average Bonchev–Trinajstić information content (AvgIpc) is 2.85. The number of benzene rings is 1. The van der Waals surface area contributed by atoms with Crippen molar-refractivity contribution in [1.29, 1.82) is 0 Å². The molecule has 1 aliphatic rings. The van der Waals surface area contributed by atoms with Crippen molar-refractivity contribution in [3.05, 3.63) is 35.4 Å². The van der Waals surface area contributed by atoms with E-state index in [0.29, 0.717) is 25.0 Å². The Hall–Kier alpha value is -1.88. The average molecular weight is 348 g/mol. The van der Waals surface area contributed by atoms with Crippen LogP contribution in [0, 0.1) is 5.41 Å². The Labute approximate surface area is 149 Å². The maximum Gasteiger partial charge on any atom is 0.337 e. The molecule has 0 aliphatic heterocycles. The van der Waals surface area contributed by atoms with Gasteiger partial charge in [-0.05, 0) is 55.7 Å². The molecule has 0 aromatic heterocycles. The molecule has 2 unspecified atom stereocenters. The number of carbonyl (C=O) groups excluding carboxylic acids is 1. The highest BCUT2D eigenvalue weighted by molar-refractivity contribution is 5.89. The summed E-state index contributed by atoms with van der Waals surface area (Å²) >= 11 is 0. The lowest BCUT2D eigenvalue weighted by Gasteiger charge is -2.31. The second-order valence-electron chi connectivity index (χ2n) is 6.94. The number of carboxylic acid groups (broad SMARTS) is 1. The van der Waals surface area contributed by atoms with Crippen LogP contribution in [-0.4, -0.2) is 37.9 Å². The van der Waals surface area contributed by atoms with Gasteiger partial charge in [-0.15, -0.1) is 0 Å². The summed E-state index contributed by atoms with van der Waals surface area (Å²) in [4.78, 5) is 23.7. The second-order valence-corrected chi connectivity index (χ2v) is 6.94. The van der Waals surface area contributed by atoms with Gasteiger partial charge in [-0.1, -0.05) is 25.0 Å². The van der Waals surface area contributed by atoms with Gasteiger partial charge in [0.25, 0.3) is 0 Å². The van der Waals surface area contributed by atoms with E-state index >= 15 is 0 Å². The normalized spacial score (nSPS) is 23.7. The lowest BCUT2D eigenvalue weighted by Crippen LogP contribution is -2.32. The largest absolute Gasteiger partial charge is 0.481 e. The Morgan fingerprint density at radius 3 is 2.52 bits per heavy atom. The lowest BCUT2D eigenvalue weighted by atomic mass is 9.72. The molecule has 0 amide bonds. The Morgan fingerprint density at radius 1 is 1.20 bits per heavy atom. The molecule has 1 aliphatic carbocycles. The summed E-state index contributed by atoms with van der Waals surface area (Å²) in [5, 5.41) is 9.92. The van der Waals surface area contributed by atoms with Crippen LogP contribution in [0.25, 0.3) is 0 Å². The van der Waals surface area contributed by atoms with Gasteiger partial charge in [-0.25, -0.2) is 4.79 Å². The van der Waals surface area contributed by atoms with Gasteiger partial charge in [0.15, 0.2) is 0 Å². The number of rotatable bonds is 7. The van der Waals surface area contributed by atoms with Crippen molar-refractivity contribution in [3.63, 3.8) is 0 Å². The zero-order chi connectivity index (χ0) is 18.3. The molecule has 2 rings (SSSR count). The first-order valence-corrected chi connectivity index (χ1v) is 8.93. The van der Waals surface area contributed by atoms with Crippen molar-refractivity contribution in [2.75, 3.05) is 20.8 Å². The van der Waals surface area contributed by atoms with Crippen molar-refractivity contribution in [2.45, 2.75) is 50.9 Å². The number of hydrogen-bond donors (Lipinski definition) is 1. The first-order valence-electron chi connectivity index (χ1n) is 8.93. The van der Waals surface area contributed by atoms with E-state index in [1.807, 2.05) is 12.1 Å². The fourth-order valence-corrected chi connectivity index (χ4v) is 3.91. The third-order valence-electron chi connectivity index (χ3n) is 5.36. The van der Waals surface area contributed by atoms with Crippen molar-refractivity contribution < 1.29 is 24.2 Å². The van der Waals surface area contributed by atoms with Crippen molar-refractivity contribution in [3.8, 4) is 0 Å². The minimum atomic E-state index is -0.693. The highest BCUT2D eigenvalue weighted by atomic mass is 16.5. The number of ether oxygens (including phenoxy) is 2. The van der Waals surface area contributed by atoms with E-state index in [1.165, 1.54) is 7.11 Å². The number of hydrogen-bond acceptors (Lipinski definition) is 4. The summed E-state index contributed by atoms with van der Waals surface area (Å²) in [6, 6.07) is 7.40. The number of carbonyl (C=O) groups is 2. The van der Waals surface area contributed by atoms with Crippen LogP contribution in [0.5, 0.6) is 0 Å². The molecule has 2 atom stereocenters. The van der Waals surface area contributed by atoms with E-state index in [0.717, 1.165) is 37.7 Å². The van der Waals surface area contributed by atoms with Crippen molar-refractivity contribution in [1.82, 2.24) is 0 Å². The molecule has 5 nitrogen and oxygen atoms in total. The van der Waals surface area contributed by atoms with E-state index in [4.69, 9.17) is 9.47 Å². The number of esters is 1. The molecule has 0 radical (unpaired) electrons. The maximum atomic E-state index is 12.1. The number of carboxylic acids is 1. The zero-order valence-corrected chi connectivity index (χ0v) is 15.1. The summed E-state index contributed by atoms with van der Waals surface area (Å²) in [6.07, 6.45) is 5.73. The molecule has 1 fully saturated rings. The van der Waals surface area contributed by atoms with Crippen LogP contribution in [0.1, 0.15) is 66.8 Å². The smallest absolute Gasteiger partial charge is 0.337 e. The van der Waals surface area contributed by atoms with Gasteiger partial charge in [0, 0.05) is 13.7 Å². The van der Waals surface area contributed by atoms with Gasteiger partial charge < -0.3 is 14.6 Å². The maximum absolute atomic E-state index is 12.1. The fourth-order valence-electron chi connectivity index (χ4n) is 3.91. The highest BCUT2D eigenvalue weighted by Crippen LogP contribution is 2.45. The van der Waals surface area contributed by atoms with Crippen LogP contribution in [0.4, 0.5) is 0 Å². The van der Waals surface area contributed by atoms with E-state index < -0.39 is 11.4 Å². The molecule has 0 heterocycles. The summed E-state index contributed by atoms with van der Waals surface area (Å²) in [6.45, 7) is 0.591. The lowest BCUT2D eigenvalue weighted by molar-refractivity contribution is -0.150. The van der Waals surface area contributed by atoms with Crippen LogP contribution >= 0.6 is 0 Å². The Morgan fingerprint density at radius 2 is 1.92 bits per heavy atom. The molecule has 138 valence electrons. The first kappa shape index (κ1) is 19.4. The predicted octanol–water partition coefficient (Wildman–Crippen LogP) is 4.02. The molecular weight excluding hydrogens is 320 g/mol. The second kappa shape index (κ2) is 8.99. The van der Waals surface area contributed by atoms with Gasteiger partial charge in [0.1, 0.15) is 0 Å². The summed E-state index contributed by atoms with van der Waals surface area (Å²) in [7, 11) is 3.01. The van der Waals surface area contributed by atoms with Crippen LogP contribution < -0.4 is 0 Å². The standard InChI is InChI=1S/C20H28O5/c1-24-13-5-12-20(19(22)23)11-4-3-6-17(14-20)15-7-9-16(10-8-15)18(21)25-2/h7-10,17H,3-6,11-14H2,1-2H3,(H,22,23). The third kappa shape index (κ3) is 4.82. The SMILES string of the molecule is COCCCC1(C(=O)O)CCCCC(c2ccc(C(=O)OC)cc2)C1. The molecule has 1 N–H and O–H groups in total. The van der Waals surface area contributed by atoms with Gasteiger partial charge in [-0.2, -0.15) is 0 Å². The van der Waals surface area contributed by atoms with Crippen LogP contribution in [0.15, 0.2) is 24.3 Å². The quantitative estimate of drug-likeness (QED) is 0.458. The monoisotopic (exact) mass is 348 g/mol. The van der Waals surface area contributed by atoms with Crippen LogP contribution in [-0.2, 0) is 14.3 Å². The number of aliphatic carboxylic acids is 1. The first-order chi connectivity index (χ1) is 12.0. The Bertz CT molecular complexity index is 580. The minimum Gasteiger partial charge on any atom is -0.481 e. The summed E-state index contributed by atoms with van der Waals surface area (Å²) in [5.74, 6) is -0.846. The predicted molar refractivity (Wildman–Crippen MR) is 94.8 cm³/mol. The summed E-state index contributed by atoms with van der Waals surface area (Å²) in [5.41, 5.74) is 0.942. The topological polar surface area (TPSA) is 72.8 Å². The van der Waals surface area contributed by atoms with Crippen LogP contribution in [0.3, 0.4) is 0 Å². The van der Waals surface area contributed by atoms with Gasteiger partial charge in [0.2, 0.25) is 0 Å². The van der Waals surface area contributed by atoms with Gasteiger partial charge >= 0.3 is 11.9 Å². The third-order valence-corrected chi connectivity index (χ3v) is 5.36. The van der Waals surface area contributed by atoms with Crippen molar-refractivity contribution in [2.24, 2.45) is 5.41 Å². The van der Waals surface area contributed by atoms with Gasteiger partial charge in [0.05, 0.1) is 18.1 Å².